The molecule has 1 heterocycles. The Kier molecular flexibility index (Phi) is 15.6. The van der Waals surface area contributed by atoms with Gasteiger partial charge < -0.3 is 10.8 Å². The van der Waals surface area contributed by atoms with Crippen molar-refractivity contribution in [1.29, 1.82) is 0 Å². The fraction of sp³-hybridized carbons (Fsp3) is 0.840. The van der Waals surface area contributed by atoms with Crippen LogP contribution in [0.1, 0.15) is 116 Å². The Bertz CT molecular complexity index is 505. The first-order valence-corrected chi connectivity index (χ1v) is 12.7. The van der Waals surface area contributed by atoms with Crippen molar-refractivity contribution in [2.24, 2.45) is 10.7 Å². The number of aliphatic carboxylic acids is 1. The summed E-state index contributed by atoms with van der Waals surface area (Å²) in [5.74, 6) is 0.169. The fourth-order valence-electron chi connectivity index (χ4n) is 4.46. The molecular formula is C25H48N3O2+. The molecule has 1 aliphatic rings. The van der Waals surface area contributed by atoms with Gasteiger partial charge in [0, 0.05) is 13.0 Å². The van der Waals surface area contributed by atoms with Crippen molar-refractivity contribution in [3.05, 3.63) is 12.4 Å². The molecule has 1 unspecified atom stereocenters. The van der Waals surface area contributed by atoms with E-state index in [4.69, 9.17) is 5.73 Å². The molecule has 5 heteroatoms. The largest absolute Gasteiger partial charge is 0.477 e. The third kappa shape index (κ3) is 11.8. The molecule has 0 aliphatic carbocycles. The summed E-state index contributed by atoms with van der Waals surface area (Å²) in [5, 5.41) is 9.25. The maximum atomic E-state index is 11.3. The number of nitrogens with zero attached hydrogens (tertiary/aromatic N) is 2. The minimum atomic E-state index is -0.797. The molecule has 174 valence electrons. The van der Waals surface area contributed by atoms with E-state index in [0.29, 0.717) is 17.6 Å². The van der Waals surface area contributed by atoms with Gasteiger partial charge in [0.2, 0.25) is 5.84 Å². The van der Waals surface area contributed by atoms with Gasteiger partial charge in [-0.05, 0) is 6.42 Å². The Morgan fingerprint density at radius 2 is 1.33 bits per heavy atom. The SMILES string of the molecule is CCCCCCCCCCCCCCCCCCC1=NC=C[N+]1(CCN)CC(=O)O. The number of quaternary nitrogens is 1. The lowest BCUT2D eigenvalue weighted by atomic mass is 10.0. The van der Waals surface area contributed by atoms with Crippen molar-refractivity contribution in [1.82, 2.24) is 0 Å². The highest BCUT2D eigenvalue weighted by Gasteiger charge is 2.36. The van der Waals surface area contributed by atoms with Gasteiger partial charge in [0.1, 0.15) is 12.7 Å². The van der Waals surface area contributed by atoms with Gasteiger partial charge in [0.25, 0.3) is 0 Å². The van der Waals surface area contributed by atoms with Gasteiger partial charge in [0.05, 0.1) is 6.20 Å². The normalized spacial score (nSPS) is 18.1. The molecule has 0 bridgehead atoms. The van der Waals surface area contributed by atoms with E-state index in [0.717, 1.165) is 18.7 Å². The first kappa shape index (κ1) is 26.8. The zero-order valence-electron chi connectivity index (χ0n) is 19.6. The van der Waals surface area contributed by atoms with Crippen LogP contribution in [0.4, 0.5) is 0 Å². The summed E-state index contributed by atoms with van der Waals surface area (Å²) in [5.41, 5.74) is 5.72. The Morgan fingerprint density at radius 3 is 1.77 bits per heavy atom. The van der Waals surface area contributed by atoms with Crippen LogP contribution in [-0.2, 0) is 4.79 Å². The molecule has 1 aliphatic heterocycles. The smallest absolute Gasteiger partial charge is 0.360 e. The van der Waals surface area contributed by atoms with Crippen LogP contribution < -0.4 is 5.73 Å². The van der Waals surface area contributed by atoms with Crippen LogP contribution in [0.15, 0.2) is 17.4 Å². The summed E-state index contributed by atoms with van der Waals surface area (Å²) in [6.45, 7) is 3.40. The van der Waals surface area contributed by atoms with E-state index < -0.39 is 5.97 Å². The number of carboxylic acid groups (broad SMARTS) is 1. The van der Waals surface area contributed by atoms with Crippen LogP contribution in [0.2, 0.25) is 0 Å². The average Bonchev–Trinajstić information content (AvgIpc) is 3.09. The van der Waals surface area contributed by atoms with Gasteiger partial charge >= 0.3 is 5.97 Å². The predicted octanol–water partition coefficient (Wildman–Crippen LogP) is 6.38. The van der Waals surface area contributed by atoms with Crippen molar-refractivity contribution < 1.29 is 14.4 Å². The Hall–Kier alpha value is -1.20. The summed E-state index contributed by atoms with van der Waals surface area (Å²) in [4.78, 5) is 15.7. The number of rotatable bonds is 21. The molecule has 0 radical (unpaired) electrons. The lowest BCUT2D eigenvalue weighted by Crippen LogP contribution is -2.52. The highest BCUT2D eigenvalue weighted by molar-refractivity contribution is 5.81. The van der Waals surface area contributed by atoms with Gasteiger partial charge in [-0.15, -0.1) is 0 Å². The van der Waals surface area contributed by atoms with Gasteiger partial charge in [-0.25, -0.2) is 14.3 Å². The molecule has 0 amide bonds. The Balaban J connectivity index is 1.95. The number of nitrogens with two attached hydrogens (primary N) is 1. The number of hydrogen-bond donors (Lipinski definition) is 2. The lowest BCUT2D eigenvalue weighted by molar-refractivity contribution is -0.778. The topological polar surface area (TPSA) is 75.7 Å². The number of carboxylic acids is 1. The summed E-state index contributed by atoms with van der Waals surface area (Å²) in [7, 11) is 0. The number of carbonyl (C=O) groups is 1. The molecule has 1 rings (SSSR count). The quantitative estimate of drug-likeness (QED) is 0.166. The van der Waals surface area contributed by atoms with Crippen LogP contribution in [0.25, 0.3) is 0 Å². The second kappa shape index (κ2) is 17.5. The highest BCUT2D eigenvalue weighted by Crippen LogP contribution is 2.21. The van der Waals surface area contributed by atoms with Gasteiger partial charge in [-0.1, -0.05) is 103 Å². The van der Waals surface area contributed by atoms with Crippen molar-refractivity contribution in [3.8, 4) is 0 Å². The maximum Gasteiger partial charge on any atom is 0.360 e. The number of hydrogen-bond acceptors (Lipinski definition) is 3. The van der Waals surface area contributed by atoms with E-state index in [1.807, 2.05) is 6.20 Å². The Morgan fingerprint density at radius 1 is 0.867 bits per heavy atom. The van der Waals surface area contributed by atoms with Crippen molar-refractivity contribution >= 4 is 11.8 Å². The fourth-order valence-corrected chi connectivity index (χ4v) is 4.46. The van der Waals surface area contributed by atoms with E-state index >= 15 is 0 Å². The summed E-state index contributed by atoms with van der Waals surface area (Å²) in [6, 6.07) is 0. The third-order valence-corrected chi connectivity index (χ3v) is 6.29. The van der Waals surface area contributed by atoms with Gasteiger partial charge in [0.15, 0.2) is 6.54 Å². The first-order valence-electron chi connectivity index (χ1n) is 12.7. The number of unbranched alkanes of at least 4 members (excludes halogenated alkanes) is 15. The molecule has 0 fully saturated rings. The molecule has 30 heavy (non-hydrogen) atoms. The molecule has 1 atom stereocenters. The van der Waals surface area contributed by atoms with Crippen LogP contribution in [0.3, 0.4) is 0 Å². The van der Waals surface area contributed by atoms with Crippen molar-refractivity contribution in [3.63, 3.8) is 0 Å². The Labute approximate surface area is 185 Å². The minimum absolute atomic E-state index is 0.0470. The van der Waals surface area contributed by atoms with E-state index in [1.165, 1.54) is 96.3 Å². The molecule has 0 saturated heterocycles. The van der Waals surface area contributed by atoms with Gasteiger partial charge in [-0.3, -0.25) is 0 Å². The molecule has 0 aromatic rings. The third-order valence-electron chi connectivity index (χ3n) is 6.29. The van der Waals surface area contributed by atoms with E-state index in [1.54, 1.807) is 6.20 Å². The number of aliphatic imine (C=N–C) groups is 1. The highest BCUT2D eigenvalue weighted by atomic mass is 16.4. The lowest BCUT2D eigenvalue weighted by Gasteiger charge is -2.30. The monoisotopic (exact) mass is 422 g/mol. The molecule has 0 saturated carbocycles. The van der Waals surface area contributed by atoms with Crippen molar-refractivity contribution in [2.45, 2.75) is 116 Å². The number of amidine groups is 1. The molecule has 0 spiro atoms. The van der Waals surface area contributed by atoms with E-state index in [9.17, 15) is 9.90 Å². The maximum absolute atomic E-state index is 11.3. The molecule has 5 nitrogen and oxygen atoms in total. The standard InChI is InChI=1S/C25H47N3O2/c1-2-3-4-5-6-7-8-9-10-11-12-13-14-15-16-17-18-24-27-20-22-28(24,21-19-26)23-25(29)30/h20,22H,2-19,21,23,26H2,1H3/p+1. The molecule has 0 aromatic heterocycles. The second-order valence-corrected chi connectivity index (χ2v) is 8.99. The second-order valence-electron chi connectivity index (χ2n) is 8.99. The zero-order chi connectivity index (χ0) is 21.9. The van der Waals surface area contributed by atoms with Crippen LogP contribution in [-0.4, -0.2) is 41.0 Å². The summed E-state index contributed by atoms with van der Waals surface area (Å²) >= 11 is 0. The van der Waals surface area contributed by atoms with E-state index in [-0.39, 0.29) is 6.54 Å². The zero-order valence-corrected chi connectivity index (χ0v) is 19.6. The average molecular weight is 423 g/mol. The molecule has 3 N–H and O–H groups in total. The van der Waals surface area contributed by atoms with Gasteiger partial charge in [-0.2, -0.15) is 0 Å². The van der Waals surface area contributed by atoms with Crippen LogP contribution >= 0.6 is 0 Å². The summed E-state index contributed by atoms with van der Waals surface area (Å²) in [6.07, 6.45) is 26.3. The van der Waals surface area contributed by atoms with E-state index in [2.05, 4.69) is 11.9 Å². The van der Waals surface area contributed by atoms with Crippen LogP contribution in [0.5, 0.6) is 0 Å². The van der Waals surface area contributed by atoms with Crippen LogP contribution in [0, 0.1) is 0 Å². The van der Waals surface area contributed by atoms with Crippen molar-refractivity contribution in [2.75, 3.05) is 19.6 Å². The minimum Gasteiger partial charge on any atom is -0.477 e. The predicted molar refractivity (Wildman–Crippen MR) is 127 cm³/mol. The summed E-state index contributed by atoms with van der Waals surface area (Å²) < 4.78 is 0.310. The first-order chi connectivity index (χ1) is 14.6. The molecular weight excluding hydrogens is 374 g/mol. The molecule has 0 aromatic carbocycles.